The maximum absolute atomic E-state index is 10.2. The van der Waals surface area contributed by atoms with Crippen LogP contribution >= 0.6 is 11.8 Å². The van der Waals surface area contributed by atoms with E-state index in [9.17, 15) is 10.2 Å². The first-order valence-corrected chi connectivity index (χ1v) is 7.95. The van der Waals surface area contributed by atoms with Crippen LogP contribution in [0, 0.1) is 0 Å². The zero-order valence-corrected chi connectivity index (χ0v) is 11.9. The predicted molar refractivity (Wildman–Crippen MR) is 71.8 cm³/mol. The fourth-order valence-corrected chi connectivity index (χ4v) is 3.90. The summed E-state index contributed by atoms with van der Waals surface area (Å²) in [5.41, 5.74) is -0.149. The van der Waals surface area contributed by atoms with Gasteiger partial charge in [0, 0.05) is 0 Å². The number of nitrogens with two attached hydrogens (primary N) is 2. The smallest absolute Gasteiger partial charge is 0.258 e. The number of quaternary nitrogens is 2. The largest absolute Gasteiger partial charge is 0.388 e. The van der Waals surface area contributed by atoms with Gasteiger partial charge in [-0.2, -0.15) is 0 Å². The standard InChI is InChI=1S/C12H21N3O3S/c1-13-12-15-8-10(17)9(16)7(18-11(8)19-12)5-14-6-3-2-4-6/h6-11,14,16-17H,2-5H2,1H3,(H,13,15)/p+2/t7-,8-,9-,10-,11-/m1/s1. The van der Waals surface area contributed by atoms with E-state index in [1.165, 1.54) is 19.3 Å². The van der Waals surface area contributed by atoms with Crippen molar-refractivity contribution in [1.29, 1.82) is 0 Å². The highest BCUT2D eigenvalue weighted by atomic mass is 32.2. The maximum atomic E-state index is 10.2. The molecule has 0 amide bonds. The van der Waals surface area contributed by atoms with Crippen molar-refractivity contribution in [2.75, 3.05) is 13.6 Å². The molecule has 0 spiro atoms. The zero-order chi connectivity index (χ0) is 13.4. The molecule has 2 fully saturated rings. The molecule has 19 heavy (non-hydrogen) atoms. The van der Waals surface area contributed by atoms with Gasteiger partial charge in [-0.1, -0.05) is 0 Å². The quantitative estimate of drug-likeness (QED) is 0.452. The van der Waals surface area contributed by atoms with Gasteiger partial charge in [-0.3, -0.25) is 5.32 Å². The van der Waals surface area contributed by atoms with Crippen LogP contribution in [-0.4, -0.2) is 64.8 Å². The number of amidine groups is 1. The van der Waals surface area contributed by atoms with Crippen LogP contribution in [0.1, 0.15) is 19.3 Å². The molecule has 2 heterocycles. The van der Waals surface area contributed by atoms with Crippen molar-refractivity contribution in [3.63, 3.8) is 0 Å². The van der Waals surface area contributed by atoms with Crippen molar-refractivity contribution in [1.82, 2.24) is 0 Å². The fraction of sp³-hybridized carbons (Fsp3) is 0.917. The molecular weight excluding hydrogens is 266 g/mol. The lowest BCUT2D eigenvalue weighted by Gasteiger charge is -2.38. The molecule has 108 valence electrons. The molecule has 3 rings (SSSR count). The SMILES string of the molecule is C[NH2+]C1=N[C@@H]2[C@@H](O)[C@H](O)[C@@H](C[NH2+]C3CCC3)O[C@@H]2S1. The number of aliphatic hydroxyl groups excluding tert-OH is 2. The summed E-state index contributed by atoms with van der Waals surface area (Å²) < 4.78 is 5.93. The molecular formula is C12H23N3O3S+2. The monoisotopic (exact) mass is 289 g/mol. The predicted octanol–water partition coefficient (Wildman–Crippen LogP) is -2.79. The second-order valence-corrected chi connectivity index (χ2v) is 6.67. The lowest BCUT2D eigenvalue weighted by atomic mass is 9.92. The Morgan fingerprint density at radius 2 is 2.16 bits per heavy atom. The first kappa shape index (κ1) is 13.8. The van der Waals surface area contributed by atoms with E-state index in [0.717, 1.165) is 11.7 Å². The average Bonchev–Trinajstić information content (AvgIpc) is 2.76. The van der Waals surface area contributed by atoms with Crippen molar-refractivity contribution in [2.45, 2.75) is 55.1 Å². The minimum absolute atomic E-state index is 0.149. The lowest BCUT2D eigenvalue weighted by molar-refractivity contribution is -0.705. The highest BCUT2D eigenvalue weighted by Crippen LogP contribution is 2.34. The van der Waals surface area contributed by atoms with Crippen LogP contribution in [0.4, 0.5) is 0 Å². The number of ether oxygens (including phenoxy) is 1. The topological polar surface area (TPSA) is 95.3 Å². The van der Waals surface area contributed by atoms with Gasteiger partial charge in [0.1, 0.15) is 36.3 Å². The first-order chi connectivity index (χ1) is 9.19. The van der Waals surface area contributed by atoms with Crippen molar-refractivity contribution >= 4 is 16.9 Å². The summed E-state index contributed by atoms with van der Waals surface area (Å²) in [5.74, 6) is 0. The number of aliphatic hydroxyl groups is 2. The van der Waals surface area contributed by atoms with E-state index in [4.69, 9.17) is 4.74 Å². The molecule has 1 saturated heterocycles. The van der Waals surface area contributed by atoms with E-state index >= 15 is 0 Å². The highest BCUT2D eigenvalue weighted by molar-refractivity contribution is 8.14. The van der Waals surface area contributed by atoms with Gasteiger partial charge in [0.15, 0.2) is 0 Å². The molecule has 6 N–H and O–H groups in total. The van der Waals surface area contributed by atoms with Gasteiger partial charge in [-0.25, -0.2) is 4.99 Å². The van der Waals surface area contributed by atoms with Crippen LogP contribution in [-0.2, 0) is 4.74 Å². The molecule has 3 aliphatic rings. The molecule has 5 atom stereocenters. The average molecular weight is 289 g/mol. The number of hydrogen-bond donors (Lipinski definition) is 4. The highest BCUT2D eigenvalue weighted by Gasteiger charge is 2.49. The fourth-order valence-electron chi connectivity index (χ4n) is 2.79. The first-order valence-electron chi connectivity index (χ1n) is 7.08. The van der Waals surface area contributed by atoms with Gasteiger partial charge in [0.25, 0.3) is 5.17 Å². The third kappa shape index (κ3) is 2.68. The number of fused-ring (bicyclic) bond motifs is 1. The van der Waals surface area contributed by atoms with Gasteiger partial charge in [-0.05, 0) is 31.0 Å². The summed E-state index contributed by atoms with van der Waals surface area (Å²) in [5, 5.41) is 25.4. The molecule has 6 nitrogen and oxygen atoms in total. The Morgan fingerprint density at radius 1 is 1.37 bits per heavy atom. The molecule has 1 saturated carbocycles. The Hall–Kier alpha value is -0.180. The van der Waals surface area contributed by atoms with Crippen molar-refractivity contribution < 1.29 is 25.6 Å². The molecule has 1 aliphatic carbocycles. The van der Waals surface area contributed by atoms with Gasteiger partial charge in [-0.15, -0.1) is 0 Å². The molecule has 0 aromatic rings. The summed E-state index contributed by atoms with van der Waals surface area (Å²) in [6.07, 6.45) is 1.87. The summed E-state index contributed by atoms with van der Waals surface area (Å²) >= 11 is 1.55. The van der Waals surface area contributed by atoms with E-state index in [-0.39, 0.29) is 17.6 Å². The minimum Gasteiger partial charge on any atom is -0.388 e. The second kappa shape index (κ2) is 5.67. The van der Waals surface area contributed by atoms with Crippen molar-refractivity contribution in [3.8, 4) is 0 Å². The van der Waals surface area contributed by atoms with Crippen LogP contribution in [0.5, 0.6) is 0 Å². The summed E-state index contributed by atoms with van der Waals surface area (Å²) in [7, 11) is 1.92. The van der Waals surface area contributed by atoms with Crippen LogP contribution in [0.25, 0.3) is 0 Å². The normalized spacial score (nSPS) is 42.7. The summed E-state index contributed by atoms with van der Waals surface area (Å²) in [4.78, 5) is 4.40. The van der Waals surface area contributed by atoms with Crippen molar-refractivity contribution in [2.24, 2.45) is 4.99 Å². The lowest BCUT2D eigenvalue weighted by Crippen LogP contribution is -2.94. The maximum Gasteiger partial charge on any atom is 0.258 e. The van der Waals surface area contributed by atoms with Crippen LogP contribution in [0.3, 0.4) is 0 Å². The second-order valence-electron chi connectivity index (χ2n) is 5.55. The number of aliphatic imine (C=N–C) groups is 1. The molecule has 0 aromatic heterocycles. The van der Waals surface area contributed by atoms with E-state index in [2.05, 4.69) is 10.3 Å². The molecule has 0 unspecified atom stereocenters. The molecule has 7 heteroatoms. The third-order valence-electron chi connectivity index (χ3n) is 4.28. The Kier molecular flexibility index (Phi) is 4.11. The van der Waals surface area contributed by atoms with Gasteiger partial charge in [0.2, 0.25) is 0 Å². The number of nitrogens with zero attached hydrogens (tertiary/aromatic N) is 1. The number of thioether (sulfide) groups is 1. The van der Waals surface area contributed by atoms with Gasteiger partial charge < -0.3 is 20.3 Å². The Morgan fingerprint density at radius 3 is 2.79 bits per heavy atom. The Balaban J connectivity index is 1.59. The Bertz CT molecular complexity index is 364. The Labute approximate surface area is 117 Å². The number of rotatable bonds is 3. The van der Waals surface area contributed by atoms with Crippen molar-refractivity contribution in [3.05, 3.63) is 0 Å². The van der Waals surface area contributed by atoms with E-state index in [1.807, 2.05) is 12.4 Å². The van der Waals surface area contributed by atoms with E-state index in [1.54, 1.807) is 11.8 Å². The summed E-state index contributed by atoms with van der Waals surface area (Å²) in [6, 6.07) is 0.351. The molecule has 0 aromatic carbocycles. The molecule has 0 radical (unpaired) electrons. The van der Waals surface area contributed by atoms with Crippen LogP contribution < -0.4 is 10.6 Å². The molecule has 0 bridgehead atoms. The van der Waals surface area contributed by atoms with E-state index in [0.29, 0.717) is 6.04 Å². The summed E-state index contributed by atoms with van der Waals surface area (Å²) in [6.45, 7) is 0.720. The van der Waals surface area contributed by atoms with Crippen LogP contribution in [0.2, 0.25) is 0 Å². The molecule has 2 aliphatic heterocycles. The van der Waals surface area contributed by atoms with Gasteiger partial charge >= 0.3 is 0 Å². The minimum atomic E-state index is -0.835. The zero-order valence-electron chi connectivity index (χ0n) is 11.1. The van der Waals surface area contributed by atoms with Gasteiger partial charge in [0.05, 0.1) is 13.1 Å². The van der Waals surface area contributed by atoms with E-state index < -0.39 is 12.2 Å². The third-order valence-corrected chi connectivity index (χ3v) is 5.49. The van der Waals surface area contributed by atoms with Crippen LogP contribution in [0.15, 0.2) is 4.99 Å². The number of hydrogen-bond acceptors (Lipinski definition) is 5.